The summed E-state index contributed by atoms with van der Waals surface area (Å²) in [6.45, 7) is 9.04. The van der Waals surface area contributed by atoms with Crippen LogP contribution in [0.3, 0.4) is 0 Å². The largest absolute Gasteiger partial charge is 0.314 e. The molecule has 0 amide bonds. The van der Waals surface area contributed by atoms with E-state index in [0.717, 1.165) is 12.5 Å². The summed E-state index contributed by atoms with van der Waals surface area (Å²) in [5, 5.41) is 3.55. The number of piperidine rings is 1. The van der Waals surface area contributed by atoms with Crippen molar-refractivity contribution in [1.82, 2.24) is 15.2 Å². The van der Waals surface area contributed by atoms with Crippen LogP contribution in [-0.4, -0.2) is 35.6 Å². The highest BCUT2D eigenvalue weighted by molar-refractivity contribution is 5.03. The topological polar surface area (TPSA) is 28.2 Å². The first-order valence-corrected chi connectivity index (χ1v) is 7.09. The van der Waals surface area contributed by atoms with Crippen molar-refractivity contribution in [2.75, 3.05) is 19.6 Å². The second-order valence-corrected chi connectivity index (χ2v) is 5.60. The molecule has 3 nitrogen and oxygen atoms in total. The van der Waals surface area contributed by atoms with Crippen LogP contribution < -0.4 is 5.32 Å². The number of pyridine rings is 1. The molecule has 0 radical (unpaired) electrons. The lowest BCUT2D eigenvalue weighted by Gasteiger charge is -2.32. The minimum absolute atomic E-state index is 0.608. The van der Waals surface area contributed by atoms with E-state index >= 15 is 0 Å². The van der Waals surface area contributed by atoms with Gasteiger partial charge >= 0.3 is 0 Å². The summed E-state index contributed by atoms with van der Waals surface area (Å²) < 4.78 is 0. The zero-order valence-corrected chi connectivity index (χ0v) is 11.6. The molecule has 18 heavy (non-hydrogen) atoms. The Labute approximate surface area is 111 Å². The summed E-state index contributed by atoms with van der Waals surface area (Å²) in [5.74, 6) is 0.854. The van der Waals surface area contributed by atoms with E-state index < -0.39 is 0 Å². The van der Waals surface area contributed by atoms with Gasteiger partial charge in [-0.2, -0.15) is 0 Å². The second kappa shape index (κ2) is 6.86. The number of hydrogen-bond donors (Lipinski definition) is 1. The van der Waals surface area contributed by atoms with E-state index in [9.17, 15) is 0 Å². The molecule has 2 heterocycles. The molecule has 0 saturated carbocycles. The molecule has 0 aromatic carbocycles. The molecule has 0 aliphatic carbocycles. The molecule has 0 atom stereocenters. The minimum atomic E-state index is 0.608. The lowest BCUT2D eigenvalue weighted by Crippen LogP contribution is -2.38. The molecule has 1 aromatic heterocycles. The average Bonchev–Trinajstić information content (AvgIpc) is 2.39. The number of nitrogens with zero attached hydrogens (tertiary/aromatic N) is 2. The normalized spacial score (nSPS) is 18.4. The smallest absolute Gasteiger partial charge is 0.0543 e. The number of likely N-dealkylation sites (tertiary alicyclic amines) is 1. The van der Waals surface area contributed by atoms with Crippen molar-refractivity contribution in [3.05, 3.63) is 30.1 Å². The minimum Gasteiger partial charge on any atom is -0.314 e. The zero-order valence-electron chi connectivity index (χ0n) is 11.6. The van der Waals surface area contributed by atoms with Gasteiger partial charge in [-0.3, -0.25) is 9.88 Å². The number of hydrogen-bond acceptors (Lipinski definition) is 3. The molecule has 0 bridgehead atoms. The van der Waals surface area contributed by atoms with Crippen molar-refractivity contribution in [2.24, 2.45) is 5.92 Å². The van der Waals surface area contributed by atoms with E-state index in [1.54, 1.807) is 0 Å². The molecule has 1 N–H and O–H groups in total. The van der Waals surface area contributed by atoms with Gasteiger partial charge < -0.3 is 5.32 Å². The molecule has 1 aliphatic rings. The van der Waals surface area contributed by atoms with Gasteiger partial charge in [0.15, 0.2) is 0 Å². The number of aromatic nitrogens is 1. The Balaban J connectivity index is 1.70. The Hall–Kier alpha value is -0.930. The van der Waals surface area contributed by atoms with Crippen LogP contribution >= 0.6 is 0 Å². The summed E-state index contributed by atoms with van der Waals surface area (Å²) in [6, 6.07) is 6.78. The predicted molar refractivity (Wildman–Crippen MR) is 75.4 cm³/mol. The fraction of sp³-hybridized carbons (Fsp3) is 0.667. The summed E-state index contributed by atoms with van der Waals surface area (Å²) in [6.07, 6.45) is 4.51. The van der Waals surface area contributed by atoms with Gasteiger partial charge in [-0.25, -0.2) is 0 Å². The molecule has 3 heteroatoms. The third-order valence-corrected chi connectivity index (χ3v) is 3.63. The van der Waals surface area contributed by atoms with Gasteiger partial charge in [-0.05, 0) is 50.5 Å². The van der Waals surface area contributed by atoms with Gasteiger partial charge in [0.25, 0.3) is 0 Å². The Bertz CT molecular complexity index is 329. The van der Waals surface area contributed by atoms with E-state index in [0.29, 0.717) is 6.04 Å². The second-order valence-electron chi connectivity index (χ2n) is 5.60. The third kappa shape index (κ3) is 4.39. The molecule has 0 unspecified atom stereocenters. The van der Waals surface area contributed by atoms with Crippen molar-refractivity contribution < 1.29 is 0 Å². The van der Waals surface area contributed by atoms with Crippen molar-refractivity contribution in [1.29, 1.82) is 0 Å². The van der Waals surface area contributed by atoms with Crippen LogP contribution in [0.5, 0.6) is 0 Å². The summed E-state index contributed by atoms with van der Waals surface area (Å²) >= 11 is 0. The third-order valence-electron chi connectivity index (χ3n) is 3.63. The first-order valence-electron chi connectivity index (χ1n) is 7.09. The van der Waals surface area contributed by atoms with Gasteiger partial charge in [-0.15, -0.1) is 0 Å². The lowest BCUT2D eigenvalue weighted by atomic mass is 9.96. The Morgan fingerprint density at radius 2 is 2.11 bits per heavy atom. The van der Waals surface area contributed by atoms with Crippen molar-refractivity contribution in [3.63, 3.8) is 0 Å². The molecule has 2 rings (SSSR count). The van der Waals surface area contributed by atoms with Crippen molar-refractivity contribution in [2.45, 2.75) is 39.3 Å². The van der Waals surface area contributed by atoms with Gasteiger partial charge in [0, 0.05) is 18.8 Å². The van der Waals surface area contributed by atoms with E-state index in [1.807, 2.05) is 12.3 Å². The summed E-state index contributed by atoms with van der Waals surface area (Å²) in [5.41, 5.74) is 1.19. The van der Waals surface area contributed by atoms with E-state index in [2.05, 4.69) is 41.2 Å². The Kier molecular flexibility index (Phi) is 5.14. The molecular formula is C15H25N3. The molecule has 1 aliphatic heterocycles. The SMILES string of the molecule is CC(C)NCC1CCN(Cc2ccccn2)CC1. The average molecular weight is 247 g/mol. The first-order chi connectivity index (χ1) is 8.74. The molecule has 100 valence electrons. The van der Waals surface area contributed by atoms with Crippen molar-refractivity contribution in [3.8, 4) is 0 Å². The van der Waals surface area contributed by atoms with E-state index in [-0.39, 0.29) is 0 Å². The zero-order chi connectivity index (χ0) is 12.8. The standard InChI is InChI=1S/C15H25N3/c1-13(2)17-11-14-6-9-18(10-7-14)12-15-5-3-4-8-16-15/h3-5,8,13-14,17H,6-7,9-12H2,1-2H3. The van der Waals surface area contributed by atoms with Crippen LogP contribution in [0, 0.1) is 5.92 Å². The highest BCUT2D eigenvalue weighted by Gasteiger charge is 2.19. The molecule has 1 saturated heterocycles. The molecular weight excluding hydrogens is 222 g/mol. The monoisotopic (exact) mass is 247 g/mol. The van der Waals surface area contributed by atoms with Crippen LogP contribution in [-0.2, 0) is 6.54 Å². The Morgan fingerprint density at radius 1 is 1.33 bits per heavy atom. The van der Waals surface area contributed by atoms with Gasteiger partial charge in [0.1, 0.15) is 0 Å². The maximum Gasteiger partial charge on any atom is 0.0543 e. The van der Waals surface area contributed by atoms with Crippen LogP contribution in [0.4, 0.5) is 0 Å². The fourth-order valence-electron chi connectivity index (χ4n) is 2.47. The quantitative estimate of drug-likeness (QED) is 0.865. The highest BCUT2D eigenvalue weighted by atomic mass is 15.1. The first kappa shape index (κ1) is 13.5. The fourth-order valence-corrected chi connectivity index (χ4v) is 2.47. The van der Waals surface area contributed by atoms with Crippen LogP contribution in [0.25, 0.3) is 0 Å². The van der Waals surface area contributed by atoms with E-state index in [4.69, 9.17) is 0 Å². The predicted octanol–water partition coefficient (Wildman–Crippen LogP) is 2.29. The maximum absolute atomic E-state index is 4.40. The Morgan fingerprint density at radius 3 is 2.72 bits per heavy atom. The lowest BCUT2D eigenvalue weighted by molar-refractivity contribution is 0.172. The molecule has 1 aromatic rings. The van der Waals surface area contributed by atoms with Gasteiger partial charge in [-0.1, -0.05) is 19.9 Å². The highest BCUT2D eigenvalue weighted by Crippen LogP contribution is 2.17. The van der Waals surface area contributed by atoms with Crippen molar-refractivity contribution >= 4 is 0 Å². The molecule has 1 fully saturated rings. The van der Waals surface area contributed by atoms with Crippen LogP contribution in [0.1, 0.15) is 32.4 Å². The summed E-state index contributed by atoms with van der Waals surface area (Å²) in [4.78, 5) is 6.92. The molecule has 0 spiro atoms. The summed E-state index contributed by atoms with van der Waals surface area (Å²) in [7, 11) is 0. The van der Waals surface area contributed by atoms with Crippen LogP contribution in [0.2, 0.25) is 0 Å². The number of nitrogens with one attached hydrogen (secondary N) is 1. The maximum atomic E-state index is 4.40. The van der Waals surface area contributed by atoms with Gasteiger partial charge in [0.2, 0.25) is 0 Å². The van der Waals surface area contributed by atoms with Gasteiger partial charge in [0.05, 0.1) is 5.69 Å². The van der Waals surface area contributed by atoms with Crippen LogP contribution in [0.15, 0.2) is 24.4 Å². The number of rotatable bonds is 5. The van der Waals surface area contributed by atoms with E-state index in [1.165, 1.54) is 38.2 Å².